The number of anilines is 1. The Morgan fingerprint density at radius 2 is 2.14 bits per heavy atom. The van der Waals surface area contributed by atoms with Crippen LogP contribution in [0.25, 0.3) is 16.5 Å². The quantitative estimate of drug-likeness (QED) is 0.612. The van der Waals surface area contributed by atoms with Crippen molar-refractivity contribution < 1.29 is 14.3 Å². The minimum absolute atomic E-state index is 0.0624. The lowest BCUT2D eigenvalue weighted by atomic mass is 10.2. The summed E-state index contributed by atoms with van der Waals surface area (Å²) in [6.45, 7) is 4.94. The van der Waals surface area contributed by atoms with Gasteiger partial charge in [-0.1, -0.05) is 0 Å². The van der Waals surface area contributed by atoms with E-state index in [1.807, 2.05) is 13.8 Å². The molecule has 28 heavy (non-hydrogen) atoms. The number of hydrogen-bond acceptors (Lipinski definition) is 7. The zero-order valence-electron chi connectivity index (χ0n) is 15.5. The molecule has 1 saturated heterocycles. The van der Waals surface area contributed by atoms with Crippen molar-refractivity contribution in [3.63, 3.8) is 0 Å². The molecule has 3 aromatic rings. The van der Waals surface area contributed by atoms with Crippen molar-refractivity contribution in [1.82, 2.24) is 15.1 Å². The summed E-state index contributed by atoms with van der Waals surface area (Å²) in [6.07, 6.45) is 0.162. The number of hydrogen-bond donors (Lipinski definition) is 2. The number of nitrogens with zero attached hydrogens (tertiary/aromatic N) is 2. The summed E-state index contributed by atoms with van der Waals surface area (Å²) < 4.78 is 11.9. The van der Waals surface area contributed by atoms with Gasteiger partial charge < -0.3 is 20.5 Å². The third kappa shape index (κ3) is 3.58. The maximum atomic E-state index is 13.0. The highest BCUT2D eigenvalue weighted by molar-refractivity contribution is 7.15. The fourth-order valence-corrected chi connectivity index (χ4v) is 3.57. The van der Waals surface area contributed by atoms with E-state index in [0.29, 0.717) is 33.8 Å². The van der Waals surface area contributed by atoms with E-state index in [2.05, 4.69) is 10.4 Å². The molecule has 1 aliphatic heterocycles. The van der Waals surface area contributed by atoms with Crippen LogP contribution < -0.4 is 21.3 Å². The molecule has 3 N–H and O–H groups in total. The number of carbonyl (C=O) groups is 1. The summed E-state index contributed by atoms with van der Waals surface area (Å²) in [5, 5.41) is 9.97. The van der Waals surface area contributed by atoms with E-state index in [1.54, 1.807) is 29.6 Å². The third-order valence-electron chi connectivity index (χ3n) is 4.24. The summed E-state index contributed by atoms with van der Waals surface area (Å²) in [4.78, 5) is 25.6. The Kier molecular flexibility index (Phi) is 4.78. The van der Waals surface area contributed by atoms with Crippen molar-refractivity contribution in [3.05, 3.63) is 45.7 Å². The van der Waals surface area contributed by atoms with Gasteiger partial charge in [0, 0.05) is 16.8 Å². The van der Waals surface area contributed by atoms with Gasteiger partial charge in [-0.05, 0) is 38.1 Å². The Hall–Kier alpha value is -2.91. The first kappa shape index (κ1) is 18.5. The molecule has 1 fully saturated rings. The van der Waals surface area contributed by atoms with Crippen LogP contribution in [0.3, 0.4) is 0 Å². The standard InChI is InChI=1S/C19H20N4O4S/c1-10(2)21-18(24)16-14-9-28-17(20)15(14)19(25)23(22-16)11-3-5-12(6-4-11)26-7-13-8-27-13/h3-6,9-10,13H,7-8,20H2,1-2H3,(H,21,24). The predicted octanol–water partition coefficient (Wildman–Crippen LogP) is 1.95. The molecular formula is C19H20N4O4S. The Labute approximate surface area is 164 Å². The van der Waals surface area contributed by atoms with E-state index < -0.39 is 0 Å². The molecule has 0 radical (unpaired) electrons. The molecule has 1 aromatic carbocycles. The Morgan fingerprint density at radius 1 is 1.43 bits per heavy atom. The van der Waals surface area contributed by atoms with Crippen molar-refractivity contribution >= 4 is 33.0 Å². The van der Waals surface area contributed by atoms with Gasteiger partial charge in [0.15, 0.2) is 5.69 Å². The van der Waals surface area contributed by atoms with Gasteiger partial charge in [-0.25, -0.2) is 0 Å². The van der Waals surface area contributed by atoms with Gasteiger partial charge in [-0.15, -0.1) is 11.3 Å². The predicted molar refractivity (Wildman–Crippen MR) is 107 cm³/mol. The summed E-state index contributed by atoms with van der Waals surface area (Å²) in [5.74, 6) is 0.317. The van der Waals surface area contributed by atoms with E-state index in [0.717, 1.165) is 6.61 Å². The Morgan fingerprint density at radius 3 is 2.79 bits per heavy atom. The summed E-state index contributed by atoms with van der Waals surface area (Å²) in [6, 6.07) is 6.88. The van der Waals surface area contributed by atoms with Crippen LogP contribution in [0.2, 0.25) is 0 Å². The smallest absolute Gasteiger partial charge is 0.282 e. The molecule has 9 heteroatoms. The molecule has 8 nitrogen and oxygen atoms in total. The highest BCUT2D eigenvalue weighted by atomic mass is 32.1. The molecule has 3 heterocycles. The van der Waals surface area contributed by atoms with Crippen LogP contribution in [0.1, 0.15) is 24.3 Å². The van der Waals surface area contributed by atoms with Gasteiger partial charge in [0.2, 0.25) is 0 Å². The molecule has 1 aliphatic rings. The van der Waals surface area contributed by atoms with Crippen LogP contribution in [-0.4, -0.2) is 41.0 Å². The minimum atomic E-state index is -0.366. The van der Waals surface area contributed by atoms with E-state index in [9.17, 15) is 9.59 Å². The van der Waals surface area contributed by atoms with Crippen LogP contribution in [0.15, 0.2) is 34.4 Å². The van der Waals surface area contributed by atoms with Crippen LogP contribution in [0, 0.1) is 0 Å². The summed E-state index contributed by atoms with van der Waals surface area (Å²) in [5.41, 5.74) is 6.33. The SMILES string of the molecule is CC(C)NC(=O)c1nn(-c2ccc(OCC3CO3)cc2)c(=O)c2c(N)scc12. The number of aromatic nitrogens is 2. The van der Waals surface area contributed by atoms with Crippen molar-refractivity contribution in [3.8, 4) is 11.4 Å². The highest BCUT2D eigenvalue weighted by Gasteiger charge is 2.23. The maximum Gasteiger partial charge on any atom is 0.282 e. The average Bonchev–Trinajstić information content (AvgIpc) is 3.41. The lowest BCUT2D eigenvalue weighted by Gasteiger charge is -2.12. The van der Waals surface area contributed by atoms with Gasteiger partial charge in [-0.3, -0.25) is 9.59 Å². The van der Waals surface area contributed by atoms with Crippen molar-refractivity contribution in [2.45, 2.75) is 26.0 Å². The van der Waals surface area contributed by atoms with E-state index in [1.165, 1.54) is 16.0 Å². The zero-order chi connectivity index (χ0) is 19.8. The largest absolute Gasteiger partial charge is 0.491 e. The van der Waals surface area contributed by atoms with Crippen molar-refractivity contribution in [2.24, 2.45) is 0 Å². The molecule has 2 aromatic heterocycles. The number of rotatable bonds is 6. The zero-order valence-corrected chi connectivity index (χ0v) is 16.3. The Bertz CT molecular complexity index is 1080. The number of nitrogens with two attached hydrogens (primary N) is 1. The fraction of sp³-hybridized carbons (Fsp3) is 0.316. The topological polar surface area (TPSA) is 112 Å². The number of ether oxygens (including phenoxy) is 2. The number of fused-ring (bicyclic) bond motifs is 1. The van der Waals surface area contributed by atoms with Crippen LogP contribution >= 0.6 is 11.3 Å². The van der Waals surface area contributed by atoms with E-state index >= 15 is 0 Å². The first-order chi connectivity index (χ1) is 13.4. The number of thiophene rings is 1. The van der Waals surface area contributed by atoms with Crippen LogP contribution in [0.4, 0.5) is 5.00 Å². The highest BCUT2D eigenvalue weighted by Crippen LogP contribution is 2.27. The van der Waals surface area contributed by atoms with Gasteiger partial charge in [0.1, 0.15) is 18.5 Å². The molecule has 1 amide bonds. The van der Waals surface area contributed by atoms with Crippen LogP contribution in [0.5, 0.6) is 5.75 Å². The minimum Gasteiger partial charge on any atom is -0.491 e. The number of amides is 1. The average molecular weight is 400 g/mol. The van der Waals surface area contributed by atoms with Gasteiger partial charge in [-0.2, -0.15) is 9.78 Å². The second-order valence-corrected chi connectivity index (χ2v) is 7.75. The van der Waals surface area contributed by atoms with Gasteiger partial charge in [0.05, 0.1) is 22.7 Å². The van der Waals surface area contributed by atoms with Crippen LogP contribution in [-0.2, 0) is 4.74 Å². The van der Waals surface area contributed by atoms with Crippen molar-refractivity contribution in [2.75, 3.05) is 18.9 Å². The second-order valence-electron chi connectivity index (χ2n) is 6.84. The molecule has 0 aliphatic carbocycles. The molecule has 0 saturated carbocycles. The number of carbonyl (C=O) groups excluding carboxylic acids is 1. The van der Waals surface area contributed by atoms with Crippen molar-refractivity contribution in [1.29, 1.82) is 0 Å². The first-order valence-electron chi connectivity index (χ1n) is 8.89. The first-order valence-corrected chi connectivity index (χ1v) is 9.77. The molecule has 146 valence electrons. The molecule has 1 unspecified atom stereocenters. The normalized spacial score (nSPS) is 15.8. The fourth-order valence-electron chi connectivity index (χ4n) is 2.78. The molecular weight excluding hydrogens is 380 g/mol. The molecule has 1 atom stereocenters. The molecule has 0 spiro atoms. The maximum absolute atomic E-state index is 13.0. The van der Waals surface area contributed by atoms with E-state index in [4.69, 9.17) is 15.2 Å². The van der Waals surface area contributed by atoms with Gasteiger partial charge in [0.25, 0.3) is 11.5 Å². The number of epoxide rings is 1. The van der Waals surface area contributed by atoms with Gasteiger partial charge >= 0.3 is 0 Å². The second kappa shape index (κ2) is 7.25. The number of nitrogen functional groups attached to an aromatic ring is 1. The van der Waals surface area contributed by atoms with E-state index in [-0.39, 0.29) is 29.3 Å². The third-order valence-corrected chi connectivity index (χ3v) is 5.05. The lowest BCUT2D eigenvalue weighted by molar-refractivity contribution is 0.0938. The monoisotopic (exact) mass is 400 g/mol. The Balaban J connectivity index is 1.75. The molecule has 4 rings (SSSR count). The number of nitrogens with one attached hydrogen (secondary N) is 1. The number of benzene rings is 1. The lowest BCUT2D eigenvalue weighted by Crippen LogP contribution is -2.33. The summed E-state index contributed by atoms with van der Waals surface area (Å²) >= 11 is 1.22. The summed E-state index contributed by atoms with van der Waals surface area (Å²) in [7, 11) is 0. The molecule has 0 bridgehead atoms.